The minimum atomic E-state index is -0.560. The van der Waals surface area contributed by atoms with Crippen molar-refractivity contribution in [1.82, 2.24) is 10.0 Å². The molecule has 2 rings (SSSR count). The largest absolute Gasteiger partial charge is 0.245 e. The first-order valence-electron chi connectivity index (χ1n) is 9.44. The average molecular weight is 396 g/mol. The van der Waals surface area contributed by atoms with Crippen LogP contribution >= 0.6 is 0 Å². The van der Waals surface area contributed by atoms with E-state index in [-0.39, 0.29) is 11.8 Å². The Bertz CT molecular complexity index is 675. The van der Waals surface area contributed by atoms with Gasteiger partial charge in [-0.05, 0) is 60.1 Å². The zero-order chi connectivity index (χ0) is 20.8. The normalized spacial score (nSPS) is 13.9. The number of rotatable bonds is 9. The van der Waals surface area contributed by atoms with Crippen LogP contribution < -0.4 is 0 Å². The molecule has 0 spiro atoms. The standard InChI is InChI=1S/C22H28F4N2/c1-15(5-17-7-19(23)11-20(24)8-17)13-27(3)28(4)14-16(2)6-18-9-21(25)12-22(26)10-18/h7-12,15-16H,5-6,13-14H2,1-4H3/t15-,16?/m1/s1. The van der Waals surface area contributed by atoms with Crippen molar-refractivity contribution in [1.29, 1.82) is 0 Å². The maximum atomic E-state index is 13.3. The lowest BCUT2D eigenvalue weighted by atomic mass is 10.00. The van der Waals surface area contributed by atoms with Gasteiger partial charge in [-0.25, -0.2) is 27.6 Å². The number of hydrazine groups is 1. The molecule has 0 aliphatic heterocycles. The Labute approximate surface area is 164 Å². The fourth-order valence-corrected chi connectivity index (χ4v) is 3.57. The number of halogens is 4. The molecule has 0 aliphatic rings. The van der Waals surface area contributed by atoms with Gasteiger partial charge in [-0.15, -0.1) is 0 Å². The summed E-state index contributed by atoms with van der Waals surface area (Å²) in [6, 6.07) is 7.21. The molecule has 0 bridgehead atoms. The predicted octanol–water partition coefficient (Wildman–Crippen LogP) is 5.08. The van der Waals surface area contributed by atoms with Crippen LogP contribution in [0.15, 0.2) is 36.4 Å². The van der Waals surface area contributed by atoms with Crippen molar-refractivity contribution in [3.8, 4) is 0 Å². The van der Waals surface area contributed by atoms with Gasteiger partial charge in [-0.2, -0.15) is 0 Å². The van der Waals surface area contributed by atoms with Crippen molar-refractivity contribution in [2.24, 2.45) is 11.8 Å². The topological polar surface area (TPSA) is 6.48 Å². The molecule has 2 nitrogen and oxygen atoms in total. The quantitative estimate of drug-likeness (QED) is 0.431. The van der Waals surface area contributed by atoms with E-state index in [0.717, 1.165) is 25.2 Å². The molecule has 1 unspecified atom stereocenters. The maximum Gasteiger partial charge on any atom is 0.126 e. The smallest absolute Gasteiger partial charge is 0.126 e. The first-order chi connectivity index (χ1) is 13.1. The number of hydrogen-bond acceptors (Lipinski definition) is 2. The van der Waals surface area contributed by atoms with E-state index in [9.17, 15) is 17.6 Å². The van der Waals surface area contributed by atoms with E-state index in [4.69, 9.17) is 0 Å². The lowest BCUT2D eigenvalue weighted by molar-refractivity contribution is 0.00331. The molecule has 0 aliphatic carbocycles. The Kier molecular flexibility index (Phi) is 8.01. The lowest BCUT2D eigenvalue weighted by Crippen LogP contribution is -2.42. The molecule has 2 aromatic carbocycles. The monoisotopic (exact) mass is 396 g/mol. The molecule has 6 heteroatoms. The minimum Gasteiger partial charge on any atom is -0.245 e. The van der Waals surface area contributed by atoms with E-state index < -0.39 is 23.3 Å². The van der Waals surface area contributed by atoms with Crippen LogP contribution in [0, 0.1) is 35.1 Å². The zero-order valence-corrected chi connectivity index (χ0v) is 16.9. The van der Waals surface area contributed by atoms with Crippen LogP contribution in [0.4, 0.5) is 17.6 Å². The van der Waals surface area contributed by atoms with Gasteiger partial charge in [0.1, 0.15) is 23.3 Å². The van der Waals surface area contributed by atoms with Crippen LogP contribution in [-0.2, 0) is 12.8 Å². The molecule has 2 aromatic rings. The van der Waals surface area contributed by atoms with Gasteiger partial charge in [0.05, 0.1) is 0 Å². The summed E-state index contributed by atoms with van der Waals surface area (Å²) in [6.45, 7) is 5.50. The van der Waals surface area contributed by atoms with Crippen LogP contribution in [0.25, 0.3) is 0 Å². The summed E-state index contributed by atoms with van der Waals surface area (Å²) in [7, 11) is 3.91. The first-order valence-corrected chi connectivity index (χ1v) is 9.44. The van der Waals surface area contributed by atoms with Gasteiger partial charge < -0.3 is 0 Å². The van der Waals surface area contributed by atoms with Gasteiger partial charge in [-0.1, -0.05) is 13.8 Å². The molecule has 0 N–H and O–H groups in total. The summed E-state index contributed by atoms with van der Waals surface area (Å²) >= 11 is 0. The molecule has 0 saturated carbocycles. The summed E-state index contributed by atoms with van der Waals surface area (Å²) in [6.07, 6.45) is 1.15. The second-order valence-electron chi connectivity index (χ2n) is 7.85. The minimum absolute atomic E-state index is 0.196. The van der Waals surface area contributed by atoms with Crippen molar-refractivity contribution in [3.63, 3.8) is 0 Å². The average Bonchev–Trinajstić information content (AvgIpc) is 2.52. The highest BCUT2D eigenvalue weighted by atomic mass is 19.1. The highest BCUT2D eigenvalue weighted by Crippen LogP contribution is 2.16. The van der Waals surface area contributed by atoms with Crippen LogP contribution in [0.3, 0.4) is 0 Å². The molecule has 0 heterocycles. The van der Waals surface area contributed by atoms with E-state index in [2.05, 4.69) is 10.0 Å². The summed E-state index contributed by atoms with van der Waals surface area (Å²) in [5.74, 6) is -1.85. The van der Waals surface area contributed by atoms with Gasteiger partial charge in [-0.3, -0.25) is 0 Å². The molecule has 0 saturated heterocycles. The van der Waals surface area contributed by atoms with Crippen molar-refractivity contribution in [3.05, 3.63) is 70.8 Å². The fourth-order valence-electron chi connectivity index (χ4n) is 3.57. The predicted molar refractivity (Wildman–Crippen MR) is 104 cm³/mol. The second kappa shape index (κ2) is 10.0. The third-order valence-corrected chi connectivity index (χ3v) is 4.75. The first kappa shape index (κ1) is 22.4. The van der Waals surface area contributed by atoms with E-state index >= 15 is 0 Å². The second-order valence-corrected chi connectivity index (χ2v) is 7.85. The molecule has 0 fully saturated rings. The van der Waals surface area contributed by atoms with Gasteiger partial charge >= 0.3 is 0 Å². The fraction of sp³-hybridized carbons (Fsp3) is 0.455. The van der Waals surface area contributed by atoms with E-state index in [1.165, 1.54) is 24.3 Å². The Hall–Kier alpha value is -1.92. The number of nitrogens with zero attached hydrogens (tertiary/aromatic N) is 2. The summed E-state index contributed by atoms with van der Waals surface area (Å²) in [5, 5.41) is 4.12. The van der Waals surface area contributed by atoms with E-state index in [0.29, 0.717) is 24.0 Å². The third-order valence-electron chi connectivity index (χ3n) is 4.75. The molecular formula is C22H28F4N2. The maximum absolute atomic E-state index is 13.3. The molecule has 0 radical (unpaired) electrons. The van der Waals surface area contributed by atoms with Crippen molar-refractivity contribution in [2.45, 2.75) is 26.7 Å². The summed E-state index contributed by atoms with van der Waals surface area (Å²) in [4.78, 5) is 0. The third kappa shape index (κ3) is 7.24. The highest BCUT2D eigenvalue weighted by Gasteiger charge is 2.15. The van der Waals surface area contributed by atoms with Gasteiger partial charge in [0, 0.05) is 39.3 Å². The van der Waals surface area contributed by atoms with Gasteiger partial charge in [0.15, 0.2) is 0 Å². The van der Waals surface area contributed by atoms with Crippen molar-refractivity contribution >= 4 is 0 Å². The molecule has 28 heavy (non-hydrogen) atoms. The van der Waals surface area contributed by atoms with Crippen LogP contribution in [0.5, 0.6) is 0 Å². The SMILES string of the molecule is CC(Cc1cc(F)cc(F)c1)CN(C)N(C)C[C@H](C)Cc1cc(F)cc(F)c1. The van der Waals surface area contributed by atoms with E-state index in [1.54, 1.807) is 0 Å². The highest BCUT2D eigenvalue weighted by molar-refractivity contribution is 5.19. The van der Waals surface area contributed by atoms with Gasteiger partial charge in [0.25, 0.3) is 0 Å². The van der Waals surface area contributed by atoms with Crippen LogP contribution in [0.2, 0.25) is 0 Å². The molecule has 154 valence electrons. The Morgan fingerprint density at radius 3 is 1.18 bits per heavy atom. The van der Waals surface area contributed by atoms with Crippen molar-refractivity contribution < 1.29 is 17.6 Å². The molecule has 0 aromatic heterocycles. The Morgan fingerprint density at radius 2 is 0.893 bits per heavy atom. The summed E-state index contributed by atoms with van der Waals surface area (Å²) in [5.41, 5.74) is 1.28. The number of hydrogen-bond donors (Lipinski definition) is 0. The number of benzene rings is 2. The van der Waals surface area contributed by atoms with Crippen molar-refractivity contribution in [2.75, 3.05) is 27.2 Å². The molecular weight excluding hydrogens is 368 g/mol. The molecule has 2 atom stereocenters. The Balaban J connectivity index is 1.84. The summed E-state index contributed by atoms with van der Waals surface area (Å²) < 4.78 is 53.3. The zero-order valence-electron chi connectivity index (χ0n) is 16.9. The molecule has 0 amide bonds. The lowest BCUT2D eigenvalue weighted by Gasteiger charge is -2.32. The van der Waals surface area contributed by atoms with Crippen LogP contribution in [0.1, 0.15) is 25.0 Å². The van der Waals surface area contributed by atoms with E-state index in [1.807, 2.05) is 27.9 Å². The van der Waals surface area contributed by atoms with Gasteiger partial charge in [0.2, 0.25) is 0 Å². The Morgan fingerprint density at radius 1 is 0.607 bits per heavy atom. The van der Waals surface area contributed by atoms with Crippen LogP contribution in [-0.4, -0.2) is 37.2 Å².